The van der Waals surface area contributed by atoms with Crippen molar-refractivity contribution in [1.82, 2.24) is 9.97 Å². The first-order valence-corrected chi connectivity index (χ1v) is 9.37. The predicted molar refractivity (Wildman–Crippen MR) is 106 cm³/mol. The first-order valence-electron chi connectivity index (χ1n) is 8.61. The molecule has 2 aromatic rings. The van der Waals surface area contributed by atoms with Gasteiger partial charge in [0.1, 0.15) is 11.5 Å². The van der Waals surface area contributed by atoms with Crippen LogP contribution in [0.15, 0.2) is 42.2 Å². The lowest BCUT2D eigenvalue weighted by atomic mass is 9.97. The van der Waals surface area contributed by atoms with E-state index in [-0.39, 0.29) is 11.6 Å². The normalized spacial score (nSPS) is 13.8. The highest BCUT2D eigenvalue weighted by Crippen LogP contribution is 2.23. The van der Waals surface area contributed by atoms with Crippen molar-refractivity contribution in [2.24, 2.45) is 0 Å². The second-order valence-corrected chi connectivity index (χ2v) is 7.06. The number of carbonyl (C=O) groups excluding carboxylic acids is 1. The molecule has 3 rings (SSSR count). The molecule has 0 fully saturated rings. The second-order valence-electron chi connectivity index (χ2n) is 6.18. The van der Waals surface area contributed by atoms with E-state index in [2.05, 4.69) is 26.7 Å². The van der Waals surface area contributed by atoms with Crippen molar-refractivity contribution in [1.29, 1.82) is 0 Å². The number of aromatic nitrogens is 2. The minimum absolute atomic E-state index is 0.224. The largest absolute Gasteiger partial charge is 0.368 e. The number of nitrogens with one attached hydrogen (secondary N) is 2. The Kier molecular flexibility index (Phi) is 6.47. The molecule has 1 aliphatic rings. The SMILES string of the molecule is O=C(Nc1cc(Cl)cc(Cl)c1)c1cnc(NCCC2=CCCCC2)cn1. The van der Waals surface area contributed by atoms with Crippen LogP contribution in [0.1, 0.15) is 42.6 Å². The molecule has 0 atom stereocenters. The quantitative estimate of drug-likeness (QED) is 0.653. The molecule has 0 radical (unpaired) electrons. The average Bonchev–Trinajstić information content (AvgIpc) is 2.62. The number of nitrogens with zero attached hydrogens (tertiary/aromatic N) is 2. The summed E-state index contributed by atoms with van der Waals surface area (Å²) in [4.78, 5) is 20.7. The zero-order valence-corrected chi connectivity index (χ0v) is 15.8. The van der Waals surface area contributed by atoms with Gasteiger partial charge in [0.25, 0.3) is 5.91 Å². The van der Waals surface area contributed by atoms with Gasteiger partial charge in [0.15, 0.2) is 0 Å². The molecule has 0 aliphatic heterocycles. The van der Waals surface area contributed by atoms with E-state index in [0.717, 1.165) is 13.0 Å². The fourth-order valence-electron chi connectivity index (χ4n) is 2.84. The van der Waals surface area contributed by atoms with E-state index in [1.165, 1.54) is 37.5 Å². The molecule has 26 heavy (non-hydrogen) atoms. The third-order valence-electron chi connectivity index (χ3n) is 4.14. The van der Waals surface area contributed by atoms with Crippen LogP contribution in [0.3, 0.4) is 0 Å². The molecule has 1 aromatic carbocycles. The average molecular weight is 391 g/mol. The molecular formula is C19H20Cl2N4O. The van der Waals surface area contributed by atoms with E-state index in [1.807, 2.05) is 0 Å². The van der Waals surface area contributed by atoms with Crippen LogP contribution in [0, 0.1) is 0 Å². The zero-order valence-electron chi connectivity index (χ0n) is 14.3. The Bertz CT molecular complexity index is 785. The number of hydrogen-bond donors (Lipinski definition) is 2. The van der Waals surface area contributed by atoms with E-state index in [0.29, 0.717) is 21.6 Å². The van der Waals surface area contributed by atoms with Crippen LogP contribution in [0.2, 0.25) is 10.0 Å². The second kappa shape index (κ2) is 9.01. The minimum Gasteiger partial charge on any atom is -0.368 e. The number of anilines is 2. The highest BCUT2D eigenvalue weighted by Gasteiger charge is 2.10. The van der Waals surface area contributed by atoms with Crippen LogP contribution in [0.5, 0.6) is 0 Å². The lowest BCUT2D eigenvalue weighted by molar-refractivity contribution is 0.102. The summed E-state index contributed by atoms with van der Waals surface area (Å²) in [7, 11) is 0. The van der Waals surface area contributed by atoms with Crippen molar-refractivity contribution in [2.75, 3.05) is 17.2 Å². The van der Waals surface area contributed by atoms with Gasteiger partial charge >= 0.3 is 0 Å². The third-order valence-corrected chi connectivity index (χ3v) is 4.58. The van der Waals surface area contributed by atoms with Crippen LogP contribution in [-0.2, 0) is 0 Å². The van der Waals surface area contributed by atoms with Crippen LogP contribution in [0.4, 0.5) is 11.5 Å². The number of amides is 1. The fourth-order valence-corrected chi connectivity index (χ4v) is 3.37. The van der Waals surface area contributed by atoms with Crippen LogP contribution >= 0.6 is 23.2 Å². The molecule has 0 unspecified atom stereocenters. The number of carbonyl (C=O) groups is 1. The summed E-state index contributed by atoms with van der Waals surface area (Å²) >= 11 is 11.9. The van der Waals surface area contributed by atoms with E-state index in [9.17, 15) is 4.79 Å². The highest BCUT2D eigenvalue weighted by molar-refractivity contribution is 6.35. The van der Waals surface area contributed by atoms with Crippen molar-refractivity contribution in [3.63, 3.8) is 0 Å². The van der Waals surface area contributed by atoms with Gasteiger partial charge in [-0.2, -0.15) is 0 Å². The minimum atomic E-state index is -0.366. The summed E-state index contributed by atoms with van der Waals surface area (Å²) in [5.41, 5.74) is 2.24. The molecular weight excluding hydrogens is 371 g/mol. The van der Waals surface area contributed by atoms with Gasteiger partial charge in [0.05, 0.1) is 12.4 Å². The summed E-state index contributed by atoms with van der Waals surface area (Å²) in [6.45, 7) is 0.813. The molecule has 0 saturated carbocycles. The first kappa shape index (κ1) is 18.7. The molecule has 2 N–H and O–H groups in total. The first-order chi connectivity index (χ1) is 12.6. The van der Waals surface area contributed by atoms with Crippen LogP contribution in [-0.4, -0.2) is 22.4 Å². The van der Waals surface area contributed by atoms with Gasteiger partial charge in [0.2, 0.25) is 0 Å². The molecule has 136 valence electrons. The van der Waals surface area contributed by atoms with Crippen LogP contribution in [0.25, 0.3) is 0 Å². The molecule has 5 nitrogen and oxygen atoms in total. The summed E-state index contributed by atoms with van der Waals surface area (Å²) in [6.07, 6.45) is 11.3. The van der Waals surface area contributed by atoms with Gasteiger partial charge in [-0.15, -0.1) is 0 Å². The van der Waals surface area contributed by atoms with Crippen molar-refractivity contribution < 1.29 is 4.79 Å². The maximum absolute atomic E-state index is 12.2. The topological polar surface area (TPSA) is 66.9 Å². The summed E-state index contributed by atoms with van der Waals surface area (Å²) in [5.74, 6) is 0.290. The number of rotatable bonds is 6. The van der Waals surface area contributed by atoms with Gasteiger partial charge in [0, 0.05) is 22.3 Å². The standard InChI is InChI=1S/C19H20Cl2N4O/c20-14-8-15(21)10-16(9-14)25-19(26)17-11-24-18(12-23-17)22-7-6-13-4-2-1-3-5-13/h4,8-12H,1-3,5-7H2,(H,22,24)(H,25,26). The van der Waals surface area contributed by atoms with Gasteiger partial charge in [-0.1, -0.05) is 34.9 Å². The van der Waals surface area contributed by atoms with Crippen molar-refractivity contribution in [3.8, 4) is 0 Å². The third kappa shape index (κ3) is 5.44. The number of hydrogen-bond acceptors (Lipinski definition) is 4. The highest BCUT2D eigenvalue weighted by atomic mass is 35.5. The molecule has 1 aromatic heterocycles. The van der Waals surface area contributed by atoms with Crippen LogP contribution < -0.4 is 10.6 Å². The molecule has 7 heteroatoms. The smallest absolute Gasteiger partial charge is 0.275 e. The summed E-state index contributed by atoms with van der Waals surface area (Å²) in [5, 5.41) is 6.85. The monoisotopic (exact) mass is 390 g/mol. The van der Waals surface area contributed by atoms with Crippen molar-refractivity contribution >= 4 is 40.6 Å². The molecule has 0 saturated heterocycles. The zero-order chi connectivity index (χ0) is 18.4. The van der Waals surface area contributed by atoms with E-state index < -0.39 is 0 Å². The van der Waals surface area contributed by atoms with Crippen molar-refractivity contribution in [3.05, 3.63) is 58.0 Å². The Labute approximate surface area is 162 Å². The summed E-state index contributed by atoms with van der Waals surface area (Å²) < 4.78 is 0. The van der Waals surface area contributed by atoms with Gasteiger partial charge in [-0.3, -0.25) is 4.79 Å². The van der Waals surface area contributed by atoms with E-state index in [4.69, 9.17) is 23.2 Å². The number of allylic oxidation sites excluding steroid dienone is 1. The van der Waals surface area contributed by atoms with E-state index >= 15 is 0 Å². The maximum atomic E-state index is 12.2. The fraction of sp³-hybridized carbons (Fsp3) is 0.316. The molecule has 1 heterocycles. The van der Waals surface area contributed by atoms with Crippen molar-refractivity contribution in [2.45, 2.75) is 32.1 Å². The lowest BCUT2D eigenvalue weighted by Crippen LogP contribution is -2.14. The number of halogens is 2. The Morgan fingerprint density at radius 1 is 1.08 bits per heavy atom. The Balaban J connectivity index is 1.53. The van der Waals surface area contributed by atoms with Gasteiger partial charge < -0.3 is 10.6 Å². The molecule has 0 spiro atoms. The lowest BCUT2D eigenvalue weighted by Gasteiger charge is -2.13. The van der Waals surface area contributed by atoms with Gasteiger partial charge in [-0.05, 0) is 50.3 Å². The van der Waals surface area contributed by atoms with E-state index in [1.54, 1.807) is 24.4 Å². The number of benzene rings is 1. The Hall–Kier alpha value is -2.11. The maximum Gasteiger partial charge on any atom is 0.275 e. The predicted octanol–water partition coefficient (Wildman–Crippen LogP) is 5.34. The Morgan fingerprint density at radius 3 is 2.54 bits per heavy atom. The molecule has 1 amide bonds. The summed E-state index contributed by atoms with van der Waals surface area (Å²) in [6, 6.07) is 4.84. The van der Waals surface area contributed by atoms with Gasteiger partial charge in [-0.25, -0.2) is 9.97 Å². The molecule has 1 aliphatic carbocycles. The Morgan fingerprint density at radius 2 is 1.88 bits per heavy atom. The molecule has 0 bridgehead atoms.